The molecule has 6 heteroatoms. The lowest BCUT2D eigenvalue weighted by molar-refractivity contribution is 0.171. The first-order valence-corrected chi connectivity index (χ1v) is 7.27. The second kappa shape index (κ2) is 6.33. The van der Waals surface area contributed by atoms with E-state index in [1.165, 1.54) is 20.0 Å². The smallest absolute Gasteiger partial charge is 0.236 e. The molecule has 0 aliphatic carbocycles. The summed E-state index contributed by atoms with van der Waals surface area (Å²) in [5, 5.41) is 10.9. The van der Waals surface area contributed by atoms with Crippen LogP contribution < -0.4 is 0 Å². The summed E-state index contributed by atoms with van der Waals surface area (Å²) >= 11 is 5.73. The van der Waals surface area contributed by atoms with Crippen molar-refractivity contribution in [3.05, 3.63) is 40.3 Å². The van der Waals surface area contributed by atoms with Gasteiger partial charge in [-0.05, 0) is 30.7 Å². The van der Waals surface area contributed by atoms with Crippen LogP contribution in [0.5, 0.6) is 0 Å². The van der Waals surface area contributed by atoms with Gasteiger partial charge in [0.15, 0.2) is 0 Å². The normalized spacial score (nSPS) is 14.3. The summed E-state index contributed by atoms with van der Waals surface area (Å²) in [6.07, 6.45) is 0.790. The van der Waals surface area contributed by atoms with Gasteiger partial charge in [-0.3, -0.25) is 0 Å². The van der Waals surface area contributed by atoms with E-state index in [2.05, 4.69) is 0 Å². The minimum absolute atomic E-state index is 0.0628. The number of likely N-dealkylation sites (N-methyl/N-ethyl adjacent to an activating group) is 1. The molecule has 0 amide bonds. The first-order chi connectivity index (χ1) is 8.31. The molecule has 0 radical (unpaired) electrons. The van der Waals surface area contributed by atoms with E-state index in [-0.39, 0.29) is 6.54 Å². The molecule has 0 saturated heterocycles. The van der Waals surface area contributed by atoms with E-state index in [1.54, 1.807) is 24.3 Å². The summed E-state index contributed by atoms with van der Waals surface area (Å²) in [5.74, 6) is 0. The lowest BCUT2D eigenvalue weighted by Gasteiger charge is -2.15. The molecule has 0 fully saturated rings. The monoisotopic (exact) mass is 289 g/mol. The van der Waals surface area contributed by atoms with Gasteiger partial charge in [0.05, 0.1) is 6.10 Å². The zero-order valence-corrected chi connectivity index (χ0v) is 11.8. The Morgan fingerprint density at radius 3 is 2.44 bits per heavy atom. The largest absolute Gasteiger partial charge is 0.392 e. The van der Waals surface area contributed by atoms with E-state index < -0.39 is 16.1 Å². The number of benzene rings is 1. The van der Waals surface area contributed by atoms with E-state index in [9.17, 15) is 8.42 Å². The van der Waals surface area contributed by atoms with E-state index in [1.807, 2.05) is 0 Å². The van der Waals surface area contributed by atoms with Crippen LogP contribution in [0.15, 0.2) is 29.7 Å². The molecule has 18 heavy (non-hydrogen) atoms. The quantitative estimate of drug-likeness (QED) is 0.901. The van der Waals surface area contributed by atoms with Gasteiger partial charge in [0.1, 0.15) is 0 Å². The first-order valence-electron chi connectivity index (χ1n) is 5.39. The third-order valence-corrected chi connectivity index (χ3v) is 4.01. The number of sulfonamides is 1. The van der Waals surface area contributed by atoms with Gasteiger partial charge in [-0.1, -0.05) is 23.7 Å². The molecule has 1 unspecified atom stereocenters. The fourth-order valence-electron chi connectivity index (χ4n) is 1.32. The van der Waals surface area contributed by atoms with Crippen LogP contribution in [0.1, 0.15) is 12.5 Å². The minimum Gasteiger partial charge on any atom is -0.392 e. The maximum absolute atomic E-state index is 11.8. The van der Waals surface area contributed by atoms with Crippen LogP contribution in [-0.2, 0) is 10.0 Å². The van der Waals surface area contributed by atoms with Crippen molar-refractivity contribution in [1.82, 2.24) is 4.31 Å². The van der Waals surface area contributed by atoms with E-state index in [0.29, 0.717) is 5.02 Å². The second-order valence-corrected chi connectivity index (χ2v) is 6.39. The summed E-state index contributed by atoms with van der Waals surface area (Å²) in [6.45, 7) is 1.60. The Bertz CT molecular complexity index is 509. The Morgan fingerprint density at radius 1 is 1.39 bits per heavy atom. The molecule has 0 spiro atoms. The molecule has 0 heterocycles. The maximum atomic E-state index is 11.8. The van der Waals surface area contributed by atoms with Gasteiger partial charge in [-0.15, -0.1) is 0 Å². The van der Waals surface area contributed by atoms with Crippen LogP contribution in [0.4, 0.5) is 0 Å². The zero-order chi connectivity index (χ0) is 13.8. The standard InChI is InChI=1S/C12H16ClNO3S/c1-10(15)9-14(2)18(16,17)8-7-11-3-5-12(13)6-4-11/h3-8,10,15H,9H2,1-2H3/b8-7+. The van der Waals surface area contributed by atoms with Gasteiger partial charge < -0.3 is 5.11 Å². The number of nitrogens with zero attached hydrogens (tertiary/aromatic N) is 1. The van der Waals surface area contributed by atoms with Crippen LogP contribution in [0.3, 0.4) is 0 Å². The van der Waals surface area contributed by atoms with Gasteiger partial charge in [-0.2, -0.15) is 4.31 Å². The van der Waals surface area contributed by atoms with Crippen LogP contribution >= 0.6 is 11.6 Å². The molecule has 0 aromatic heterocycles. The van der Waals surface area contributed by atoms with Crippen LogP contribution in [0.2, 0.25) is 5.02 Å². The molecule has 0 saturated carbocycles. The number of hydrogen-bond donors (Lipinski definition) is 1. The molecule has 100 valence electrons. The Balaban J connectivity index is 2.79. The molecule has 1 rings (SSSR count). The fourth-order valence-corrected chi connectivity index (χ4v) is 2.40. The number of rotatable bonds is 5. The van der Waals surface area contributed by atoms with Gasteiger partial charge in [0.2, 0.25) is 10.0 Å². The SMILES string of the molecule is CC(O)CN(C)S(=O)(=O)/C=C/c1ccc(Cl)cc1. The highest BCUT2D eigenvalue weighted by Gasteiger charge is 2.15. The number of halogens is 1. The molecule has 0 aliphatic heterocycles. The van der Waals surface area contributed by atoms with Crippen molar-refractivity contribution in [3.8, 4) is 0 Å². The number of aliphatic hydroxyl groups is 1. The summed E-state index contributed by atoms with van der Waals surface area (Å²) in [4.78, 5) is 0. The summed E-state index contributed by atoms with van der Waals surface area (Å²) < 4.78 is 24.7. The van der Waals surface area contributed by atoms with Crippen molar-refractivity contribution in [3.63, 3.8) is 0 Å². The zero-order valence-electron chi connectivity index (χ0n) is 10.2. The Morgan fingerprint density at radius 2 is 1.94 bits per heavy atom. The predicted molar refractivity (Wildman–Crippen MR) is 73.7 cm³/mol. The Kier molecular flexibility index (Phi) is 5.34. The van der Waals surface area contributed by atoms with E-state index >= 15 is 0 Å². The van der Waals surface area contributed by atoms with E-state index in [4.69, 9.17) is 16.7 Å². The summed E-state index contributed by atoms with van der Waals surface area (Å²) in [6, 6.07) is 6.83. The highest BCUT2D eigenvalue weighted by atomic mass is 35.5. The number of aliphatic hydroxyl groups excluding tert-OH is 1. The van der Waals surface area contributed by atoms with Gasteiger partial charge in [-0.25, -0.2) is 8.42 Å². The summed E-state index contributed by atoms with van der Waals surface area (Å²) in [7, 11) is -2.08. The Labute approximate surface area is 113 Å². The topological polar surface area (TPSA) is 57.6 Å². The molecule has 1 N–H and O–H groups in total. The summed E-state index contributed by atoms with van der Waals surface area (Å²) in [5.41, 5.74) is 0.744. The van der Waals surface area contributed by atoms with Gasteiger partial charge >= 0.3 is 0 Å². The van der Waals surface area contributed by atoms with Crippen LogP contribution in [0.25, 0.3) is 6.08 Å². The van der Waals surface area contributed by atoms with Crippen molar-refractivity contribution in [2.75, 3.05) is 13.6 Å². The highest BCUT2D eigenvalue weighted by molar-refractivity contribution is 7.92. The maximum Gasteiger partial charge on any atom is 0.236 e. The molecule has 1 atom stereocenters. The minimum atomic E-state index is -3.50. The van der Waals surface area contributed by atoms with Gasteiger partial charge in [0, 0.05) is 24.0 Å². The third-order valence-electron chi connectivity index (χ3n) is 2.26. The lowest BCUT2D eigenvalue weighted by Crippen LogP contribution is -2.31. The van der Waals surface area contributed by atoms with Crippen molar-refractivity contribution in [1.29, 1.82) is 0 Å². The van der Waals surface area contributed by atoms with Crippen molar-refractivity contribution >= 4 is 27.7 Å². The average molecular weight is 290 g/mol. The molecule has 1 aromatic carbocycles. The van der Waals surface area contributed by atoms with Gasteiger partial charge in [0.25, 0.3) is 0 Å². The number of hydrogen-bond acceptors (Lipinski definition) is 3. The Hall–Kier alpha value is -0.880. The lowest BCUT2D eigenvalue weighted by atomic mass is 10.2. The van der Waals surface area contributed by atoms with Crippen molar-refractivity contribution in [2.45, 2.75) is 13.0 Å². The molecule has 0 aliphatic rings. The first kappa shape index (κ1) is 15.2. The second-order valence-electron chi connectivity index (χ2n) is 4.03. The molecular weight excluding hydrogens is 274 g/mol. The van der Waals surface area contributed by atoms with E-state index in [0.717, 1.165) is 15.3 Å². The van der Waals surface area contributed by atoms with Crippen LogP contribution in [0, 0.1) is 0 Å². The molecule has 0 bridgehead atoms. The third kappa shape index (κ3) is 4.78. The average Bonchev–Trinajstić information content (AvgIpc) is 2.27. The highest BCUT2D eigenvalue weighted by Crippen LogP contribution is 2.12. The predicted octanol–water partition coefficient (Wildman–Crippen LogP) is 1.95. The fraction of sp³-hybridized carbons (Fsp3) is 0.333. The molecular formula is C12H16ClNO3S. The van der Waals surface area contributed by atoms with Crippen molar-refractivity contribution < 1.29 is 13.5 Å². The molecule has 4 nitrogen and oxygen atoms in total. The van der Waals surface area contributed by atoms with Crippen LogP contribution in [-0.4, -0.2) is 37.5 Å². The molecule has 1 aromatic rings. The van der Waals surface area contributed by atoms with Crippen molar-refractivity contribution in [2.24, 2.45) is 0 Å².